The van der Waals surface area contributed by atoms with Crippen LogP contribution in [0.1, 0.15) is 29.2 Å². The Bertz CT molecular complexity index is 1280. The first kappa shape index (κ1) is 23.3. The molecule has 0 spiro atoms. The van der Waals surface area contributed by atoms with E-state index in [2.05, 4.69) is 15.7 Å². The maximum atomic E-state index is 14.8. The molecule has 176 valence electrons. The van der Waals surface area contributed by atoms with E-state index in [0.29, 0.717) is 28.1 Å². The highest BCUT2D eigenvalue weighted by Crippen LogP contribution is 2.33. The molecular weight excluding hydrogens is 442 g/mol. The third-order valence-corrected chi connectivity index (χ3v) is 5.82. The van der Waals surface area contributed by atoms with Crippen molar-refractivity contribution in [2.45, 2.75) is 32.7 Å². The van der Waals surface area contributed by atoms with Gasteiger partial charge < -0.3 is 15.7 Å². The molecule has 3 aromatic rings. The molecule has 7 nitrogen and oxygen atoms in total. The highest BCUT2D eigenvalue weighted by atomic mass is 19.1. The number of hydrogen-bond acceptors (Lipinski definition) is 4. The lowest BCUT2D eigenvalue weighted by atomic mass is 9.86. The monoisotopic (exact) mass is 466 g/mol. The number of aliphatic hydroxyl groups is 1. The standard InChI is InChI=1S/C25H24F2N4O3/c1-14-9-21(27)19(23-10-15(2)31(30-23)7-8-32)11-22(14)29-25(34)20-13-28-24(33)12-18(20)16-3-5-17(26)6-4-16/h3-6,9-11,13,18,32H,7-8,12H2,1-2H3,(H,28,33)(H,29,34). The molecule has 1 aromatic heterocycles. The summed E-state index contributed by atoms with van der Waals surface area (Å²) in [4.78, 5) is 25.2. The molecule has 4 rings (SSSR count). The van der Waals surface area contributed by atoms with Crippen LogP contribution in [0.4, 0.5) is 14.5 Å². The van der Waals surface area contributed by atoms with Crippen molar-refractivity contribution in [2.75, 3.05) is 11.9 Å². The molecule has 34 heavy (non-hydrogen) atoms. The van der Waals surface area contributed by atoms with Crippen molar-refractivity contribution in [3.8, 4) is 11.3 Å². The Kier molecular flexibility index (Phi) is 6.56. The number of halogens is 2. The van der Waals surface area contributed by atoms with Crippen LogP contribution in [-0.2, 0) is 16.1 Å². The van der Waals surface area contributed by atoms with E-state index in [1.807, 2.05) is 0 Å². The van der Waals surface area contributed by atoms with Gasteiger partial charge in [0.2, 0.25) is 5.91 Å². The summed E-state index contributed by atoms with van der Waals surface area (Å²) in [6.07, 6.45) is 1.40. The lowest BCUT2D eigenvalue weighted by Crippen LogP contribution is -2.32. The largest absolute Gasteiger partial charge is 0.394 e. The number of amides is 2. The molecule has 2 heterocycles. The van der Waals surface area contributed by atoms with E-state index in [9.17, 15) is 23.5 Å². The molecule has 9 heteroatoms. The number of nitrogens with one attached hydrogen (secondary N) is 2. The predicted octanol–water partition coefficient (Wildman–Crippen LogP) is 3.56. The van der Waals surface area contributed by atoms with Gasteiger partial charge in [0, 0.05) is 41.1 Å². The van der Waals surface area contributed by atoms with Gasteiger partial charge in [-0.2, -0.15) is 5.10 Å². The number of carbonyl (C=O) groups is 2. The Hall–Kier alpha value is -3.85. The maximum absolute atomic E-state index is 14.8. The van der Waals surface area contributed by atoms with E-state index in [-0.39, 0.29) is 31.0 Å². The summed E-state index contributed by atoms with van der Waals surface area (Å²) >= 11 is 0. The number of aromatic nitrogens is 2. The molecule has 0 aliphatic carbocycles. The molecule has 0 bridgehead atoms. The average Bonchev–Trinajstić information content (AvgIpc) is 3.16. The molecule has 1 aliphatic heterocycles. The molecule has 2 aromatic carbocycles. The molecule has 1 unspecified atom stereocenters. The number of aryl methyl sites for hydroxylation is 2. The molecule has 1 atom stereocenters. The second-order valence-electron chi connectivity index (χ2n) is 8.19. The number of anilines is 1. The van der Waals surface area contributed by atoms with E-state index < -0.39 is 23.5 Å². The first-order valence-corrected chi connectivity index (χ1v) is 10.8. The summed E-state index contributed by atoms with van der Waals surface area (Å²) < 4.78 is 29.7. The van der Waals surface area contributed by atoms with Gasteiger partial charge in [0.15, 0.2) is 0 Å². The Balaban J connectivity index is 1.64. The van der Waals surface area contributed by atoms with E-state index in [0.717, 1.165) is 5.69 Å². The zero-order valence-corrected chi connectivity index (χ0v) is 18.7. The number of benzene rings is 2. The van der Waals surface area contributed by atoms with Crippen LogP contribution in [0.5, 0.6) is 0 Å². The summed E-state index contributed by atoms with van der Waals surface area (Å²) in [5.74, 6) is -2.16. The fraction of sp³-hybridized carbons (Fsp3) is 0.240. The van der Waals surface area contributed by atoms with E-state index >= 15 is 0 Å². The lowest BCUT2D eigenvalue weighted by molar-refractivity contribution is -0.121. The van der Waals surface area contributed by atoms with E-state index in [1.165, 1.54) is 30.5 Å². The zero-order chi connectivity index (χ0) is 24.4. The molecule has 0 saturated carbocycles. The van der Waals surface area contributed by atoms with Gasteiger partial charge in [-0.1, -0.05) is 12.1 Å². The van der Waals surface area contributed by atoms with Crippen molar-refractivity contribution in [2.24, 2.45) is 0 Å². The first-order chi connectivity index (χ1) is 16.3. The van der Waals surface area contributed by atoms with Crippen LogP contribution >= 0.6 is 0 Å². The van der Waals surface area contributed by atoms with Crippen LogP contribution < -0.4 is 10.6 Å². The van der Waals surface area contributed by atoms with Crippen molar-refractivity contribution in [3.63, 3.8) is 0 Å². The normalized spacial score (nSPS) is 15.6. The van der Waals surface area contributed by atoms with Crippen molar-refractivity contribution in [1.29, 1.82) is 0 Å². The number of carbonyl (C=O) groups excluding carboxylic acids is 2. The van der Waals surface area contributed by atoms with Gasteiger partial charge in [0.05, 0.1) is 18.8 Å². The lowest BCUT2D eigenvalue weighted by Gasteiger charge is -2.24. The summed E-state index contributed by atoms with van der Waals surface area (Å²) in [6, 6.07) is 10.2. The predicted molar refractivity (Wildman–Crippen MR) is 123 cm³/mol. The van der Waals surface area contributed by atoms with Crippen LogP contribution in [-0.4, -0.2) is 33.3 Å². The van der Waals surface area contributed by atoms with Crippen LogP contribution in [0.25, 0.3) is 11.3 Å². The number of nitrogens with zero attached hydrogens (tertiary/aromatic N) is 2. The van der Waals surface area contributed by atoms with E-state index in [1.54, 1.807) is 36.7 Å². The molecule has 2 amide bonds. The third kappa shape index (κ3) is 4.74. The molecule has 0 saturated heterocycles. The molecular formula is C25H24F2N4O3. The smallest absolute Gasteiger partial charge is 0.253 e. The number of aliphatic hydroxyl groups excluding tert-OH is 1. The maximum Gasteiger partial charge on any atom is 0.253 e. The van der Waals surface area contributed by atoms with Gasteiger partial charge in [-0.25, -0.2) is 8.78 Å². The quantitative estimate of drug-likeness (QED) is 0.518. The van der Waals surface area contributed by atoms with Gasteiger partial charge in [-0.3, -0.25) is 14.3 Å². The van der Waals surface area contributed by atoms with Crippen molar-refractivity contribution in [3.05, 3.63) is 82.7 Å². The van der Waals surface area contributed by atoms with Crippen LogP contribution in [0.15, 0.2) is 54.2 Å². The average molecular weight is 466 g/mol. The fourth-order valence-corrected chi connectivity index (χ4v) is 3.99. The Labute approximate surface area is 195 Å². The second-order valence-corrected chi connectivity index (χ2v) is 8.19. The van der Waals surface area contributed by atoms with Crippen LogP contribution in [0, 0.1) is 25.5 Å². The van der Waals surface area contributed by atoms with E-state index in [4.69, 9.17) is 0 Å². The van der Waals surface area contributed by atoms with Crippen LogP contribution in [0.2, 0.25) is 0 Å². The fourth-order valence-electron chi connectivity index (χ4n) is 3.99. The SMILES string of the molecule is Cc1cc(F)c(-c2cc(C)n(CCO)n2)cc1NC(=O)C1=CNC(=O)CC1c1ccc(F)cc1. The Morgan fingerprint density at radius 2 is 1.94 bits per heavy atom. The number of rotatable bonds is 6. The minimum Gasteiger partial charge on any atom is -0.394 e. The second kappa shape index (κ2) is 9.56. The van der Waals surface area contributed by atoms with Gasteiger partial charge in [-0.05, 0) is 55.3 Å². The first-order valence-electron chi connectivity index (χ1n) is 10.8. The minimum atomic E-state index is -0.550. The summed E-state index contributed by atoms with van der Waals surface area (Å²) in [5, 5.41) is 18.9. The van der Waals surface area contributed by atoms with Gasteiger partial charge in [0.1, 0.15) is 11.6 Å². The summed E-state index contributed by atoms with van der Waals surface area (Å²) in [6.45, 7) is 3.67. The summed E-state index contributed by atoms with van der Waals surface area (Å²) in [5.41, 5.74) is 3.21. The molecule has 0 fully saturated rings. The topological polar surface area (TPSA) is 96.2 Å². The highest BCUT2D eigenvalue weighted by Gasteiger charge is 2.29. The number of hydrogen-bond donors (Lipinski definition) is 3. The minimum absolute atomic E-state index is 0.0418. The Morgan fingerprint density at radius 1 is 1.21 bits per heavy atom. The summed E-state index contributed by atoms with van der Waals surface area (Å²) in [7, 11) is 0. The van der Waals surface area contributed by atoms with Crippen LogP contribution in [0.3, 0.4) is 0 Å². The Morgan fingerprint density at radius 3 is 2.65 bits per heavy atom. The molecule has 3 N–H and O–H groups in total. The molecule has 0 radical (unpaired) electrons. The van der Waals surface area contributed by atoms with Gasteiger partial charge in [-0.15, -0.1) is 0 Å². The zero-order valence-electron chi connectivity index (χ0n) is 18.7. The molecule has 1 aliphatic rings. The van der Waals surface area contributed by atoms with Crippen molar-refractivity contribution in [1.82, 2.24) is 15.1 Å². The van der Waals surface area contributed by atoms with Gasteiger partial charge >= 0.3 is 0 Å². The van der Waals surface area contributed by atoms with Crippen molar-refractivity contribution < 1.29 is 23.5 Å². The highest BCUT2D eigenvalue weighted by molar-refractivity contribution is 6.07. The third-order valence-electron chi connectivity index (χ3n) is 5.82. The van der Waals surface area contributed by atoms with Gasteiger partial charge in [0.25, 0.3) is 5.91 Å². The van der Waals surface area contributed by atoms with Crippen molar-refractivity contribution >= 4 is 17.5 Å².